The number of hydrogen-bond donors (Lipinski definition) is 2. The van der Waals surface area contributed by atoms with Gasteiger partial charge in [0.1, 0.15) is 0 Å². The van der Waals surface area contributed by atoms with E-state index in [1.165, 1.54) is 5.56 Å². The molecule has 25 heavy (non-hydrogen) atoms. The van der Waals surface area contributed by atoms with Crippen molar-refractivity contribution in [3.05, 3.63) is 58.8 Å². The summed E-state index contributed by atoms with van der Waals surface area (Å²) in [6.07, 6.45) is 0.737. The normalized spacial score (nSPS) is 12.6. The second-order valence-electron chi connectivity index (χ2n) is 6.30. The summed E-state index contributed by atoms with van der Waals surface area (Å²) in [5, 5.41) is 4.10. The molecule has 0 atom stereocenters. The van der Waals surface area contributed by atoms with Gasteiger partial charge in [0, 0.05) is 17.6 Å². The van der Waals surface area contributed by atoms with E-state index in [1.54, 1.807) is 0 Å². The van der Waals surface area contributed by atoms with Crippen LogP contribution in [0, 0.1) is 13.8 Å². The van der Waals surface area contributed by atoms with Crippen LogP contribution in [0.25, 0.3) is 10.9 Å². The largest absolute Gasteiger partial charge is 0.454 e. The van der Waals surface area contributed by atoms with Gasteiger partial charge in [-0.1, -0.05) is 18.2 Å². The van der Waals surface area contributed by atoms with Gasteiger partial charge in [-0.2, -0.15) is 0 Å². The van der Waals surface area contributed by atoms with Crippen LogP contribution in [0.15, 0.2) is 36.4 Å². The third kappa shape index (κ3) is 2.82. The number of para-hydroxylation sites is 1. The van der Waals surface area contributed by atoms with E-state index >= 15 is 0 Å². The Balaban J connectivity index is 1.45. The highest BCUT2D eigenvalue weighted by atomic mass is 16.7. The van der Waals surface area contributed by atoms with Crippen LogP contribution >= 0.6 is 0 Å². The molecule has 0 spiro atoms. The zero-order chi connectivity index (χ0) is 17.4. The van der Waals surface area contributed by atoms with E-state index < -0.39 is 0 Å². The fourth-order valence-corrected chi connectivity index (χ4v) is 3.18. The Morgan fingerprint density at radius 1 is 1.16 bits per heavy atom. The molecular formula is C20H20N2O3. The Morgan fingerprint density at radius 3 is 2.88 bits per heavy atom. The van der Waals surface area contributed by atoms with Gasteiger partial charge >= 0.3 is 0 Å². The predicted molar refractivity (Wildman–Crippen MR) is 96.4 cm³/mol. The summed E-state index contributed by atoms with van der Waals surface area (Å²) in [7, 11) is 0. The van der Waals surface area contributed by atoms with Crippen molar-refractivity contribution < 1.29 is 14.3 Å². The highest BCUT2D eigenvalue weighted by Crippen LogP contribution is 2.32. The van der Waals surface area contributed by atoms with E-state index in [9.17, 15) is 4.79 Å². The minimum Gasteiger partial charge on any atom is -0.454 e. The molecule has 3 aromatic rings. The first kappa shape index (κ1) is 15.6. The van der Waals surface area contributed by atoms with Gasteiger partial charge in [-0.3, -0.25) is 4.79 Å². The number of aryl methyl sites for hydroxylation is 2. The van der Waals surface area contributed by atoms with Gasteiger partial charge in [-0.25, -0.2) is 0 Å². The van der Waals surface area contributed by atoms with Crippen molar-refractivity contribution in [1.82, 2.24) is 10.3 Å². The minimum absolute atomic E-state index is 0.0624. The van der Waals surface area contributed by atoms with Gasteiger partial charge in [0.2, 0.25) is 6.79 Å². The maximum Gasteiger partial charge on any atom is 0.253 e. The van der Waals surface area contributed by atoms with Gasteiger partial charge < -0.3 is 19.8 Å². The first-order chi connectivity index (χ1) is 12.1. The Bertz CT molecular complexity index is 959. The van der Waals surface area contributed by atoms with Crippen LogP contribution < -0.4 is 14.8 Å². The number of hydrogen-bond acceptors (Lipinski definition) is 3. The lowest BCUT2D eigenvalue weighted by atomic mass is 10.1. The number of rotatable bonds is 4. The summed E-state index contributed by atoms with van der Waals surface area (Å²) in [5.41, 5.74) is 4.97. The third-order valence-electron chi connectivity index (χ3n) is 4.72. The summed E-state index contributed by atoms with van der Waals surface area (Å²) in [6, 6.07) is 11.7. The molecule has 0 saturated carbocycles. The average molecular weight is 336 g/mol. The van der Waals surface area contributed by atoms with Crippen molar-refractivity contribution in [2.24, 2.45) is 0 Å². The number of nitrogens with one attached hydrogen (secondary N) is 2. The lowest BCUT2D eigenvalue weighted by molar-refractivity contribution is 0.0955. The summed E-state index contributed by atoms with van der Waals surface area (Å²) in [4.78, 5) is 15.9. The molecule has 5 nitrogen and oxygen atoms in total. The number of aromatic nitrogens is 1. The number of benzene rings is 2. The SMILES string of the molecule is Cc1[nH]c2c(C(=O)NCCc3ccc4c(c3)OCO4)cccc2c1C. The third-order valence-corrected chi connectivity index (χ3v) is 4.72. The Hall–Kier alpha value is -2.95. The molecule has 1 amide bonds. The van der Waals surface area contributed by atoms with E-state index in [0.717, 1.165) is 40.1 Å². The number of fused-ring (bicyclic) bond motifs is 2. The second-order valence-corrected chi connectivity index (χ2v) is 6.30. The Morgan fingerprint density at radius 2 is 2.00 bits per heavy atom. The monoisotopic (exact) mass is 336 g/mol. The van der Waals surface area contributed by atoms with Crippen molar-refractivity contribution >= 4 is 16.8 Å². The van der Waals surface area contributed by atoms with Crippen LogP contribution in [0.2, 0.25) is 0 Å². The number of carbonyl (C=O) groups excluding carboxylic acids is 1. The van der Waals surface area contributed by atoms with Crippen LogP contribution in [0.4, 0.5) is 0 Å². The number of carbonyl (C=O) groups is 1. The van der Waals surface area contributed by atoms with Crippen molar-refractivity contribution in [2.45, 2.75) is 20.3 Å². The molecule has 1 aliphatic rings. The molecule has 1 aromatic heterocycles. The van der Waals surface area contributed by atoms with Crippen molar-refractivity contribution in [3.63, 3.8) is 0 Å². The summed E-state index contributed by atoms with van der Waals surface area (Å²) < 4.78 is 10.7. The average Bonchev–Trinajstić information content (AvgIpc) is 3.19. The van der Waals surface area contributed by atoms with Crippen LogP contribution in [-0.2, 0) is 6.42 Å². The van der Waals surface area contributed by atoms with Gasteiger partial charge in [-0.05, 0) is 49.6 Å². The van der Waals surface area contributed by atoms with Crippen LogP contribution in [0.1, 0.15) is 27.2 Å². The maximum atomic E-state index is 12.6. The molecule has 0 bridgehead atoms. The summed E-state index contributed by atoms with van der Waals surface area (Å²) >= 11 is 0. The molecule has 0 saturated heterocycles. The van der Waals surface area contributed by atoms with Crippen molar-refractivity contribution in [2.75, 3.05) is 13.3 Å². The summed E-state index contributed by atoms with van der Waals surface area (Å²) in [6.45, 7) is 4.92. The zero-order valence-corrected chi connectivity index (χ0v) is 14.3. The topological polar surface area (TPSA) is 63.4 Å². The van der Waals surface area contributed by atoms with Gasteiger partial charge in [0.15, 0.2) is 11.5 Å². The van der Waals surface area contributed by atoms with E-state index in [0.29, 0.717) is 12.1 Å². The molecule has 0 unspecified atom stereocenters. The fraction of sp³-hybridized carbons (Fsp3) is 0.250. The molecule has 2 heterocycles. The molecule has 128 valence electrons. The van der Waals surface area contributed by atoms with E-state index in [4.69, 9.17) is 9.47 Å². The van der Waals surface area contributed by atoms with Gasteiger partial charge in [0.05, 0.1) is 11.1 Å². The smallest absolute Gasteiger partial charge is 0.253 e. The van der Waals surface area contributed by atoms with Gasteiger partial charge in [-0.15, -0.1) is 0 Å². The highest BCUT2D eigenvalue weighted by molar-refractivity contribution is 6.06. The van der Waals surface area contributed by atoms with Crippen LogP contribution in [-0.4, -0.2) is 24.2 Å². The number of ether oxygens (including phenoxy) is 2. The van der Waals surface area contributed by atoms with Crippen molar-refractivity contribution in [1.29, 1.82) is 0 Å². The molecule has 0 aliphatic carbocycles. The Labute approximate surface area is 146 Å². The number of aromatic amines is 1. The second kappa shape index (κ2) is 6.16. The molecule has 2 aromatic carbocycles. The molecule has 2 N–H and O–H groups in total. The quantitative estimate of drug-likeness (QED) is 0.767. The van der Waals surface area contributed by atoms with E-state index in [1.807, 2.05) is 43.3 Å². The lowest BCUT2D eigenvalue weighted by Crippen LogP contribution is -2.25. The zero-order valence-electron chi connectivity index (χ0n) is 14.3. The van der Waals surface area contributed by atoms with E-state index in [-0.39, 0.29) is 12.7 Å². The molecular weight excluding hydrogens is 316 g/mol. The Kier molecular flexibility index (Phi) is 3.84. The predicted octanol–water partition coefficient (Wildman–Crippen LogP) is 3.49. The van der Waals surface area contributed by atoms with Gasteiger partial charge in [0.25, 0.3) is 5.91 Å². The first-order valence-electron chi connectivity index (χ1n) is 8.38. The fourth-order valence-electron chi connectivity index (χ4n) is 3.18. The summed E-state index contributed by atoms with van der Waals surface area (Å²) in [5.74, 6) is 1.48. The van der Waals surface area contributed by atoms with Crippen molar-refractivity contribution in [3.8, 4) is 11.5 Å². The number of H-pyrrole nitrogens is 1. The molecule has 0 fully saturated rings. The van der Waals surface area contributed by atoms with Crippen LogP contribution in [0.5, 0.6) is 11.5 Å². The maximum absolute atomic E-state index is 12.6. The lowest BCUT2D eigenvalue weighted by Gasteiger charge is -2.07. The molecule has 0 radical (unpaired) electrons. The molecule has 5 heteroatoms. The first-order valence-corrected chi connectivity index (χ1v) is 8.38. The van der Waals surface area contributed by atoms with E-state index in [2.05, 4.69) is 17.2 Å². The molecule has 4 rings (SSSR count). The minimum atomic E-state index is -0.0624. The number of amides is 1. The standard InChI is InChI=1S/C20H20N2O3/c1-12-13(2)22-19-15(12)4-3-5-16(19)20(23)21-9-8-14-6-7-17-18(10-14)25-11-24-17/h3-7,10,22H,8-9,11H2,1-2H3,(H,21,23). The highest BCUT2D eigenvalue weighted by Gasteiger charge is 2.15. The molecule has 1 aliphatic heterocycles. The van der Waals surface area contributed by atoms with Crippen LogP contribution in [0.3, 0.4) is 0 Å².